The molecule has 1 N–H and O–H groups in total. The van der Waals surface area contributed by atoms with Crippen molar-refractivity contribution < 1.29 is 14.4 Å². The van der Waals surface area contributed by atoms with Crippen molar-refractivity contribution in [2.75, 3.05) is 31.4 Å². The van der Waals surface area contributed by atoms with Crippen LogP contribution in [0, 0.1) is 16.0 Å². The van der Waals surface area contributed by atoms with E-state index in [9.17, 15) is 10.0 Å². The van der Waals surface area contributed by atoms with E-state index < -0.39 is 0 Å². The van der Waals surface area contributed by atoms with Crippen molar-refractivity contribution in [3.8, 4) is 0 Å². The lowest BCUT2D eigenvalue weighted by molar-refractivity contribution is -0.199. The second kappa shape index (κ2) is 3.86. The average molecular weight is 292 g/mol. The van der Waals surface area contributed by atoms with Crippen LogP contribution in [0.5, 0.6) is 0 Å². The molecule has 0 saturated carbocycles. The molecule has 7 nitrogen and oxygen atoms in total. The summed E-state index contributed by atoms with van der Waals surface area (Å²) in [6.07, 6.45) is -0.0621. The van der Waals surface area contributed by atoms with Gasteiger partial charge in [-0.2, -0.15) is 0 Å². The first-order valence-electron chi connectivity index (χ1n) is 7.11. The largest absolute Gasteiger partial charge is 0.731 e. The van der Waals surface area contributed by atoms with E-state index in [1.165, 1.54) is 6.07 Å². The SMILES string of the molecule is CC12CN3CC(C)(CN(C1)C3c1ccc(N([O-])O)o1)C2=O. The predicted molar refractivity (Wildman–Crippen MR) is 73.4 cm³/mol. The minimum Gasteiger partial charge on any atom is -0.731 e. The summed E-state index contributed by atoms with van der Waals surface area (Å²) >= 11 is 0. The number of hydrogen-bond acceptors (Lipinski definition) is 7. The molecule has 4 aliphatic rings. The normalized spacial score (nSPS) is 44.4. The Hall–Kier alpha value is -1.41. The van der Waals surface area contributed by atoms with Crippen molar-refractivity contribution in [3.05, 3.63) is 23.1 Å². The maximum absolute atomic E-state index is 12.6. The molecular formula is C14H18N3O4-. The maximum atomic E-state index is 12.6. The first-order chi connectivity index (χ1) is 9.82. The van der Waals surface area contributed by atoms with Crippen LogP contribution >= 0.6 is 0 Å². The van der Waals surface area contributed by atoms with Crippen molar-refractivity contribution in [1.82, 2.24) is 9.80 Å². The van der Waals surface area contributed by atoms with Crippen LogP contribution < -0.4 is 5.23 Å². The van der Waals surface area contributed by atoms with Crippen molar-refractivity contribution in [2.45, 2.75) is 20.0 Å². The van der Waals surface area contributed by atoms with Gasteiger partial charge in [0, 0.05) is 32.2 Å². The lowest BCUT2D eigenvalue weighted by atomic mass is 9.62. The van der Waals surface area contributed by atoms with Crippen LogP contribution in [-0.2, 0) is 4.79 Å². The Kier molecular flexibility index (Phi) is 2.44. The highest BCUT2D eigenvalue weighted by Gasteiger charge is 2.62. The highest BCUT2D eigenvalue weighted by molar-refractivity contribution is 5.92. The number of anilines is 1. The van der Waals surface area contributed by atoms with E-state index in [0.717, 1.165) is 0 Å². The Balaban J connectivity index is 1.70. The fraction of sp³-hybridized carbons (Fsp3) is 0.643. The van der Waals surface area contributed by atoms with Crippen molar-refractivity contribution in [1.29, 1.82) is 0 Å². The number of furan rings is 1. The summed E-state index contributed by atoms with van der Waals surface area (Å²) < 4.78 is 5.46. The van der Waals surface area contributed by atoms with Crippen LogP contribution in [0.3, 0.4) is 0 Å². The third-order valence-corrected chi connectivity index (χ3v) is 5.05. The molecule has 114 valence electrons. The minimum absolute atomic E-state index is 0.0621. The Labute approximate surface area is 122 Å². The molecule has 5 heterocycles. The molecule has 7 heteroatoms. The summed E-state index contributed by atoms with van der Waals surface area (Å²) in [6, 6.07) is 3.18. The number of ketones is 1. The number of nitrogens with zero attached hydrogens (tertiary/aromatic N) is 3. The minimum atomic E-state index is -0.321. The van der Waals surface area contributed by atoms with Gasteiger partial charge >= 0.3 is 0 Å². The molecule has 21 heavy (non-hydrogen) atoms. The second-order valence-electron chi connectivity index (χ2n) is 7.08. The molecule has 4 saturated heterocycles. The zero-order chi connectivity index (χ0) is 15.0. The highest BCUT2D eigenvalue weighted by Crippen LogP contribution is 2.52. The van der Waals surface area contributed by atoms with Crippen molar-refractivity contribution in [3.63, 3.8) is 0 Å². The van der Waals surface area contributed by atoms with Crippen LogP contribution in [0.25, 0.3) is 0 Å². The maximum Gasteiger partial charge on any atom is 0.209 e. The highest BCUT2D eigenvalue weighted by atomic mass is 16.8. The second-order valence-corrected chi connectivity index (χ2v) is 7.08. The van der Waals surface area contributed by atoms with Gasteiger partial charge in [0.2, 0.25) is 5.88 Å². The number of rotatable bonds is 2. The fourth-order valence-corrected chi connectivity index (χ4v) is 4.54. The molecule has 4 aliphatic heterocycles. The zero-order valence-corrected chi connectivity index (χ0v) is 12.1. The third kappa shape index (κ3) is 1.66. The molecule has 0 aliphatic carbocycles. The van der Waals surface area contributed by atoms with Gasteiger partial charge in [-0.05, 0) is 6.07 Å². The quantitative estimate of drug-likeness (QED) is 0.820. The lowest BCUT2D eigenvalue weighted by Crippen LogP contribution is -2.75. The number of carbonyl (C=O) groups excluding carboxylic acids is 1. The van der Waals surface area contributed by atoms with Crippen molar-refractivity contribution in [2.24, 2.45) is 10.8 Å². The molecule has 0 radical (unpaired) electrons. The van der Waals surface area contributed by atoms with E-state index in [-0.39, 0.29) is 28.1 Å². The van der Waals surface area contributed by atoms with Crippen LogP contribution in [-0.4, -0.2) is 47.0 Å². The van der Waals surface area contributed by atoms with Crippen LogP contribution in [0.15, 0.2) is 16.5 Å². The predicted octanol–water partition coefficient (Wildman–Crippen LogP) is 1.20. The number of hydrogen-bond donors (Lipinski definition) is 1. The number of Topliss-reactive ketones (excluding diaryl/α,β-unsaturated/α-hetero) is 1. The van der Waals surface area contributed by atoms with E-state index in [1.54, 1.807) is 6.07 Å². The van der Waals surface area contributed by atoms with Crippen molar-refractivity contribution >= 4 is 11.7 Å². The summed E-state index contributed by atoms with van der Waals surface area (Å²) in [7, 11) is 0. The molecule has 1 aromatic heterocycles. The van der Waals surface area contributed by atoms with Gasteiger partial charge in [0.05, 0.1) is 10.8 Å². The Morgan fingerprint density at radius 1 is 1.24 bits per heavy atom. The standard InChI is InChI=1S/C14H18N3O4/c1-13-5-15-7-14(2,12(13)18)8-16(6-13)11(15)9-3-4-10(21-9)17(19)20/h3-4,11,19H,5-8H2,1-2H3/q-1. The van der Waals surface area contributed by atoms with E-state index >= 15 is 0 Å². The summed E-state index contributed by atoms with van der Waals surface area (Å²) in [5, 5.41) is 19.5. The summed E-state index contributed by atoms with van der Waals surface area (Å²) in [5.41, 5.74) is -0.641. The molecule has 0 aromatic carbocycles. The molecular weight excluding hydrogens is 274 g/mol. The van der Waals surface area contributed by atoms with Gasteiger partial charge in [-0.25, -0.2) is 0 Å². The van der Waals surface area contributed by atoms with Gasteiger partial charge < -0.3 is 9.62 Å². The summed E-state index contributed by atoms with van der Waals surface area (Å²) in [4.78, 5) is 17.1. The van der Waals surface area contributed by atoms with E-state index in [1.807, 2.05) is 13.8 Å². The molecule has 0 unspecified atom stereocenters. The summed E-state index contributed by atoms with van der Waals surface area (Å²) in [6.45, 7) is 6.89. The Bertz CT molecular complexity index is 571. The first-order valence-corrected chi connectivity index (χ1v) is 7.11. The van der Waals surface area contributed by atoms with E-state index in [2.05, 4.69) is 9.80 Å². The fourth-order valence-electron chi connectivity index (χ4n) is 4.54. The van der Waals surface area contributed by atoms with Gasteiger partial charge in [-0.3, -0.25) is 25.0 Å². The number of carbonyl (C=O) groups is 1. The molecule has 0 amide bonds. The van der Waals surface area contributed by atoms with Gasteiger partial charge in [-0.15, -0.1) is 0 Å². The van der Waals surface area contributed by atoms with Gasteiger partial charge in [-0.1, -0.05) is 13.8 Å². The summed E-state index contributed by atoms with van der Waals surface area (Å²) in [5.74, 6) is 0.884. The van der Waals surface area contributed by atoms with E-state index in [4.69, 9.17) is 9.62 Å². The Morgan fingerprint density at radius 2 is 1.76 bits per heavy atom. The smallest absolute Gasteiger partial charge is 0.209 e. The van der Waals surface area contributed by atoms with Crippen LogP contribution in [0.1, 0.15) is 25.8 Å². The Morgan fingerprint density at radius 3 is 2.19 bits per heavy atom. The van der Waals surface area contributed by atoms with Gasteiger partial charge in [0.1, 0.15) is 17.7 Å². The molecule has 4 bridgehead atoms. The average Bonchev–Trinajstić information content (AvgIpc) is 2.84. The lowest BCUT2D eigenvalue weighted by Gasteiger charge is -2.64. The molecule has 0 spiro atoms. The first kappa shape index (κ1) is 13.3. The molecule has 1 aromatic rings. The molecule has 4 fully saturated rings. The van der Waals surface area contributed by atoms with E-state index in [0.29, 0.717) is 37.7 Å². The van der Waals surface area contributed by atoms with Gasteiger partial charge in [0.25, 0.3) is 0 Å². The zero-order valence-electron chi connectivity index (χ0n) is 12.1. The van der Waals surface area contributed by atoms with Crippen LogP contribution in [0.2, 0.25) is 0 Å². The molecule has 5 rings (SSSR count). The van der Waals surface area contributed by atoms with Crippen LogP contribution in [0.4, 0.5) is 5.88 Å². The topological polar surface area (TPSA) is 83.2 Å². The third-order valence-electron chi connectivity index (χ3n) is 5.05. The number of piperidine rings is 2. The van der Waals surface area contributed by atoms with Gasteiger partial charge in [0.15, 0.2) is 0 Å². The molecule has 0 atom stereocenters. The monoisotopic (exact) mass is 292 g/mol.